The molecule has 5 N–H and O–H groups in total. The smallest absolute Gasteiger partial charge is 0.352 e. The Kier molecular flexibility index (Phi) is 4.59. The topological polar surface area (TPSA) is 137 Å². The van der Waals surface area contributed by atoms with E-state index in [0.29, 0.717) is 34.6 Å². The molecule has 1 fully saturated rings. The zero-order valence-corrected chi connectivity index (χ0v) is 15.2. The number of pyridine rings is 1. The molecule has 3 rings (SSSR count). The number of carbonyl (C=O) groups is 2. The summed E-state index contributed by atoms with van der Waals surface area (Å²) in [4.78, 5) is 39.5. The fourth-order valence-corrected chi connectivity index (χ4v) is 4.61. The number of thioether (sulfide) groups is 1. The Hall–Kier alpha value is -2.30. The SMILES string of the molecule is C[N+](C)(CC1=C(C(=O)O)N2C(=O)[C@@H](N)[C@@H]2SC1)Cc1cc(=O)c(O)c[nH]1. The highest BCUT2D eigenvalue weighted by Gasteiger charge is 2.52. The maximum absolute atomic E-state index is 12.0. The van der Waals surface area contributed by atoms with Gasteiger partial charge in [0.05, 0.1) is 19.8 Å². The number of carboxylic acid groups (broad SMARTS) is 1. The van der Waals surface area contributed by atoms with E-state index in [1.54, 1.807) is 0 Å². The molecule has 140 valence electrons. The third-order valence-corrected chi connectivity index (χ3v) is 5.82. The number of fused-ring (bicyclic) bond motifs is 1. The van der Waals surface area contributed by atoms with Crippen molar-refractivity contribution in [3.63, 3.8) is 0 Å². The molecule has 0 aromatic carbocycles. The summed E-state index contributed by atoms with van der Waals surface area (Å²) in [6.07, 6.45) is 1.24. The minimum Gasteiger partial charge on any atom is -0.503 e. The van der Waals surface area contributed by atoms with E-state index in [-0.39, 0.29) is 22.7 Å². The lowest BCUT2D eigenvalue weighted by Gasteiger charge is -2.48. The lowest BCUT2D eigenvalue weighted by Crippen LogP contribution is -2.68. The number of carboxylic acids is 1. The van der Waals surface area contributed by atoms with Crippen LogP contribution in [0.4, 0.5) is 0 Å². The van der Waals surface area contributed by atoms with Crippen LogP contribution >= 0.6 is 11.8 Å². The number of quaternary nitrogens is 1. The summed E-state index contributed by atoms with van der Waals surface area (Å²) in [5, 5.41) is 18.6. The predicted octanol–water partition coefficient (Wildman–Crippen LogP) is -0.762. The molecule has 1 aromatic rings. The normalized spacial score (nSPS) is 22.9. The second-order valence-corrected chi connectivity index (χ2v) is 8.26. The Morgan fingerprint density at radius 3 is 2.73 bits per heavy atom. The van der Waals surface area contributed by atoms with Gasteiger partial charge in [0, 0.05) is 23.6 Å². The van der Waals surface area contributed by atoms with Gasteiger partial charge in [-0.25, -0.2) is 4.79 Å². The molecule has 9 nitrogen and oxygen atoms in total. The molecule has 10 heteroatoms. The number of carbonyl (C=O) groups excluding carboxylic acids is 1. The van der Waals surface area contributed by atoms with Gasteiger partial charge in [0.25, 0.3) is 0 Å². The van der Waals surface area contributed by atoms with Gasteiger partial charge in [-0.2, -0.15) is 0 Å². The van der Waals surface area contributed by atoms with Crippen molar-refractivity contribution >= 4 is 23.6 Å². The Morgan fingerprint density at radius 1 is 1.42 bits per heavy atom. The Bertz CT molecular complexity index is 862. The summed E-state index contributed by atoms with van der Waals surface area (Å²) in [5.41, 5.74) is 6.58. The first-order valence-electron chi connectivity index (χ1n) is 7.99. The number of β-lactam (4-membered cyclic amide) rings is 1. The van der Waals surface area contributed by atoms with Gasteiger partial charge in [0.2, 0.25) is 11.3 Å². The Morgan fingerprint density at radius 2 is 2.12 bits per heavy atom. The van der Waals surface area contributed by atoms with Gasteiger partial charge in [0.1, 0.15) is 30.2 Å². The molecule has 1 saturated heterocycles. The van der Waals surface area contributed by atoms with E-state index in [9.17, 15) is 24.6 Å². The van der Waals surface area contributed by atoms with Crippen molar-refractivity contribution in [3.8, 4) is 5.75 Å². The number of nitrogens with two attached hydrogens (primary N) is 1. The molecule has 2 atom stereocenters. The van der Waals surface area contributed by atoms with Crippen molar-refractivity contribution in [1.29, 1.82) is 0 Å². The third-order valence-electron chi connectivity index (χ3n) is 4.46. The maximum atomic E-state index is 12.0. The number of aromatic amines is 1. The number of rotatable bonds is 5. The monoisotopic (exact) mass is 381 g/mol. The van der Waals surface area contributed by atoms with Crippen molar-refractivity contribution in [2.75, 3.05) is 26.4 Å². The van der Waals surface area contributed by atoms with Crippen LogP contribution in [0.25, 0.3) is 0 Å². The molecule has 2 aliphatic heterocycles. The zero-order valence-electron chi connectivity index (χ0n) is 14.4. The molecule has 3 heterocycles. The molecule has 0 bridgehead atoms. The van der Waals surface area contributed by atoms with Crippen molar-refractivity contribution in [1.82, 2.24) is 9.88 Å². The van der Waals surface area contributed by atoms with E-state index >= 15 is 0 Å². The second kappa shape index (κ2) is 6.45. The van der Waals surface area contributed by atoms with Crippen LogP contribution in [0.3, 0.4) is 0 Å². The number of aromatic hydroxyl groups is 1. The molecule has 0 spiro atoms. The van der Waals surface area contributed by atoms with Crippen molar-refractivity contribution in [2.24, 2.45) is 5.73 Å². The van der Waals surface area contributed by atoms with Crippen LogP contribution in [-0.4, -0.2) is 74.3 Å². The second-order valence-electron chi connectivity index (χ2n) is 7.15. The number of H-pyrrole nitrogens is 1. The zero-order chi connectivity index (χ0) is 19.2. The Labute approximate surface area is 153 Å². The molecular weight excluding hydrogens is 360 g/mol. The summed E-state index contributed by atoms with van der Waals surface area (Å²) < 4.78 is 0.367. The van der Waals surface area contributed by atoms with Crippen molar-refractivity contribution in [2.45, 2.75) is 18.0 Å². The molecule has 2 aliphatic rings. The van der Waals surface area contributed by atoms with Crippen LogP contribution < -0.4 is 11.2 Å². The highest BCUT2D eigenvalue weighted by molar-refractivity contribution is 8.00. The van der Waals surface area contributed by atoms with Crippen LogP contribution in [0, 0.1) is 0 Å². The van der Waals surface area contributed by atoms with Crippen LogP contribution in [0.1, 0.15) is 5.69 Å². The lowest BCUT2D eigenvalue weighted by atomic mass is 10.0. The first-order valence-corrected chi connectivity index (χ1v) is 9.04. The quantitative estimate of drug-likeness (QED) is 0.389. The van der Waals surface area contributed by atoms with Gasteiger partial charge in [-0.15, -0.1) is 11.8 Å². The average molecular weight is 381 g/mol. The number of aromatic nitrogens is 1. The highest BCUT2D eigenvalue weighted by Crippen LogP contribution is 2.39. The summed E-state index contributed by atoms with van der Waals surface area (Å²) >= 11 is 1.46. The molecule has 0 aliphatic carbocycles. The van der Waals surface area contributed by atoms with Crippen LogP contribution in [0.2, 0.25) is 0 Å². The molecule has 0 saturated carbocycles. The van der Waals surface area contributed by atoms with Gasteiger partial charge < -0.3 is 25.4 Å². The van der Waals surface area contributed by atoms with Crippen molar-refractivity contribution in [3.05, 3.63) is 39.5 Å². The highest BCUT2D eigenvalue weighted by atomic mass is 32.2. The lowest BCUT2D eigenvalue weighted by molar-refractivity contribution is -0.899. The molecular formula is C16H21N4O5S+. The minimum atomic E-state index is -1.14. The van der Waals surface area contributed by atoms with E-state index in [1.165, 1.54) is 28.9 Å². The van der Waals surface area contributed by atoms with E-state index in [2.05, 4.69) is 4.98 Å². The van der Waals surface area contributed by atoms with Gasteiger partial charge in [0.15, 0.2) is 5.75 Å². The first kappa shape index (κ1) is 18.5. The van der Waals surface area contributed by atoms with E-state index in [4.69, 9.17) is 5.73 Å². The average Bonchev–Trinajstić information content (AvgIpc) is 2.56. The molecule has 26 heavy (non-hydrogen) atoms. The number of amides is 1. The number of aliphatic carboxylic acids is 1. The van der Waals surface area contributed by atoms with Crippen LogP contribution in [0.15, 0.2) is 28.3 Å². The molecule has 0 unspecified atom stereocenters. The number of nitrogens with one attached hydrogen (secondary N) is 1. The van der Waals surface area contributed by atoms with E-state index in [1.807, 2.05) is 14.1 Å². The molecule has 0 radical (unpaired) electrons. The fourth-order valence-electron chi connectivity index (χ4n) is 3.33. The number of likely N-dealkylation sites (N-methyl/N-ethyl adjacent to an activating group) is 1. The van der Waals surface area contributed by atoms with Crippen molar-refractivity contribution < 1.29 is 24.3 Å². The summed E-state index contributed by atoms with van der Waals surface area (Å²) in [5.74, 6) is -1.37. The fraction of sp³-hybridized carbons (Fsp3) is 0.438. The third kappa shape index (κ3) is 3.22. The summed E-state index contributed by atoms with van der Waals surface area (Å²) in [7, 11) is 3.80. The van der Waals surface area contributed by atoms with Gasteiger partial charge >= 0.3 is 5.97 Å². The maximum Gasteiger partial charge on any atom is 0.352 e. The van der Waals surface area contributed by atoms with Crippen LogP contribution in [-0.2, 0) is 16.1 Å². The number of nitrogens with zero attached hydrogens (tertiary/aromatic N) is 2. The van der Waals surface area contributed by atoms with Gasteiger partial charge in [-0.3, -0.25) is 14.5 Å². The van der Waals surface area contributed by atoms with E-state index in [0.717, 1.165) is 0 Å². The molecule has 1 aromatic heterocycles. The van der Waals surface area contributed by atoms with Gasteiger partial charge in [-0.05, 0) is 0 Å². The first-order chi connectivity index (χ1) is 12.1. The predicted molar refractivity (Wildman–Crippen MR) is 95.1 cm³/mol. The summed E-state index contributed by atoms with van der Waals surface area (Å²) in [6.45, 7) is 0.816. The van der Waals surface area contributed by atoms with E-state index < -0.39 is 17.4 Å². The van der Waals surface area contributed by atoms with Crippen LogP contribution in [0.5, 0.6) is 5.75 Å². The number of hydrogen-bond acceptors (Lipinski definition) is 6. The Balaban J connectivity index is 1.85. The molecule has 1 amide bonds. The number of hydrogen-bond donors (Lipinski definition) is 4. The summed E-state index contributed by atoms with van der Waals surface area (Å²) in [6, 6.07) is 0.673. The standard InChI is InChI=1S/C16H20N4O5S/c1-20(2,6-9-3-10(21)11(22)4-18-9)5-8-7-26-15-12(17)14(23)19(15)13(8)16(24)25/h3-4,12,15H,5-7,17H2,1-2H3,(H2-,18,21,22,24,25)/p+1/t12-,15+/m1/s1. The largest absolute Gasteiger partial charge is 0.503 e. The van der Waals surface area contributed by atoms with Gasteiger partial charge in [-0.1, -0.05) is 0 Å². The minimum absolute atomic E-state index is 0.0193.